The Bertz CT molecular complexity index is 839. The largest absolute Gasteiger partial charge is 0.325 e. The number of carbonyl (C=O) groups is 1. The number of nitrogens with zero attached hydrogens (tertiary/aromatic N) is 2. The summed E-state index contributed by atoms with van der Waals surface area (Å²) in [5.41, 5.74) is 2.22. The van der Waals surface area contributed by atoms with Crippen molar-refractivity contribution in [3.8, 4) is 0 Å². The van der Waals surface area contributed by atoms with E-state index in [1.165, 1.54) is 24.3 Å². The van der Waals surface area contributed by atoms with E-state index in [2.05, 4.69) is 10.2 Å². The summed E-state index contributed by atoms with van der Waals surface area (Å²) < 4.78 is 13.0. The van der Waals surface area contributed by atoms with Crippen molar-refractivity contribution in [2.75, 3.05) is 18.4 Å². The molecule has 0 radical (unpaired) electrons. The molecule has 0 saturated carbocycles. The molecule has 2 aromatic rings. The number of likely N-dealkylation sites (tertiary alicyclic amines) is 1. The second-order valence-electron chi connectivity index (χ2n) is 6.95. The Morgan fingerprint density at radius 1 is 1.30 bits per heavy atom. The molecule has 1 amide bonds. The van der Waals surface area contributed by atoms with E-state index < -0.39 is 4.92 Å². The fraction of sp³-hybridized carbons (Fsp3) is 0.350. The Balaban J connectivity index is 1.64. The van der Waals surface area contributed by atoms with E-state index in [0.717, 1.165) is 30.5 Å². The maximum Gasteiger partial charge on any atom is 0.271 e. The number of aryl methyl sites for hydroxylation is 1. The highest BCUT2D eigenvalue weighted by atomic mass is 19.1. The van der Waals surface area contributed by atoms with Gasteiger partial charge in [0.05, 0.1) is 16.5 Å². The summed E-state index contributed by atoms with van der Waals surface area (Å²) in [6, 6.07) is 10.8. The summed E-state index contributed by atoms with van der Waals surface area (Å²) in [7, 11) is 0. The first-order valence-corrected chi connectivity index (χ1v) is 8.95. The van der Waals surface area contributed by atoms with Crippen LogP contribution < -0.4 is 5.32 Å². The standard InChI is InChI=1S/C20H22FN3O3/c1-14-4-9-18(24(26)27)11-19(14)22-20(25)16-3-2-10-23(13-16)12-15-5-7-17(21)8-6-15/h4-9,11,16H,2-3,10,12-13H2,1H3,(H,22,25)/t16-/m0/s1. The van der Waals surface area contributed by atoms with Crippen molar-refractivity contribution in [1.29, 1.82) is 0 Å². The fourth-order valence-electron chi connectivity index (χ4n) is 3.35. The lowest BCUT2D eigenvalue weighted by Crippen LogP contribution is -2.40. The number of amides is 1. The molecule has 1 aliphatic heterocycles. The van der Waals surface area contributed by atoms with Crippen molar-refractivity contribution in [2.45, 2.75) is 26.3 Å². The maximum atomic E-state index is 13.0. The molecular formula is C20H22FN3O3. The van der Waals surface area contributed by atoms with Crippen molar-refractivity contribution in [2.24, 2.45) is 5.92 Å². The Morgan fingerprint density at radius 3 is 2.74 bits per heavy atom. The Hall–Kier alpha value is -2.80. The number of anilines is 1. The molecule has 1 saturated heterocycles. The summed E-state index contributed by atoms with van der Waals surface area (Å²) in [5.74, 6) is -0.567. The zero-order valence-electron chi connectivity index (χ0n) is 15.2. The first-order chi connectivity index (χ1) is 12.9. The van der Waals surface area contributed by atoms with Crippen LogP contribution in [0.5, 0.6) is 0 Å². The van der Waals surface area contributed by atoms with Crippen LogP contribution in [0, 0.1) is 28.8 Å². The molecule has 1 fully saturated rings. The van der Waals surface area contributed by atoms with Crippen LogP contribution in [-0.4, -0.2) is 28.8 Å². The predicted octanol–water partition coefficient (Wildman–Crippen LogP) is 3.89. The van der Waals surface area contributed by atoms with Gasteiger partial charge >= 0.3 is 0 Å². The molecule has 0 spiro atoms. The molecule has 1 atom stereocenters. The SMILES string of the molecule is Cc1ccc([N+](=O)[O-])cc1NC(=O)[C@H]1CCCN(Cc2ccc(F)cc2)C1. The molecule has 1 aliphatic rings. The molecule has 7 heteroatoms. The minimum atomic E-state index is -0.472. The summed E-state index contributed by atoms with van der Waals surface area (Å²) in [4.78, 5) is 25.3. The fourth-order valence-corrected chi connectivity index (χ4v) is 3.35. The molecule has 27 heavy (non-hydrogen) atoms. The van der Waals surface area contributed by atoms with Crippen molar-refractivity contribution < 1.29 is 14.1 Å². The first kappa shape index (κ1) is 19.0. The number of non-ortho nitro benzene ring substituents is 1. The van der Waals surface area contributed by atoms with Gasteiger partial charge in [0.25, 0.3) is 5.69 Å². The normalized spacial score (nSPS) is 17.5. The summed E-state index contributed by atoms with van der Waals surface area (Å²) in [5, 5.41) is 13.8. The highest BCUT2D eigenvalue weighted by Crippen LogP contribution is 2.25. The monoisotopic (exact) mass is 371 g/mol. The third-order valence-corrected chi connectivity index (χ3v) is 4.89. The third kappa shape index (κ3) is 4.89. The lowest BCUT2D eigenvalue weighted by molar-refractivity contribution is -0.384. The summed E-state index contributed by atoms with van der Waals surface area (Å²) >= 11 is 0. The Morgan fingerprint density at radius 2 is 2.04 bits per heavy atom. The first-order valence-electron chi connectivity index (χ1n) is 8.95. The minimum Gasteiger partial charge on any atom is -0.325 e. The number of benzene rings is 2. The quantitative estimate of drug-likeness (QED) is 0.639. The van der Waals surface area contributed by atoms with Gasteiger partial charge in [0.1, 0.15) is 5.82 Å². The number of nitro benzene ring substituents is 1. The molecule has 3 rings (SSSR count). The number of nitrogens with one attached hydrogen (secondary N) is 1. The molecule has 1 N–H and O–H groups in total. The number of rotatable bonds is 5. The van der Waals surface area contributed by atoms with Gasteiger partial charge in [0.15, 0.2) is 0 Å². The van der Waals surface area contributed by atoms with E-state index in [-0.39, 0.29) is 23.3 Å². The number of halogens is 1. The van der Waals surface area contributed by atoms with Crippen molar-refractivity contribution in [1.82, 2.24) is 4.90 Å². The smallest absolute Gasteiger partial charge is 0.271 e. The van der Waals surface area contributed by atoms with Crippen LogP contribution in [0.1, 0.15) is 24.0 Å². The topological polar surface area (TPSA) is 75.5 Å². The molecule has 2 aromatic carbocycles. The van der Waals surface area contributed by atoms with Crippen molar-refractivity contribution in [3.05, 3.63) is 69.5 Å². The van der Waals surface area contributed by atoms with E-state index >= 15 is 0 Å². The van der Waals surface area contributed by atoms with Crippen LogP contribution in [-0.2, 0) is 11.3 Å². The second kappa shape index (κ2) is 8.26. The van der Waals surface area contributed by atoms with Gasteiger partial charge in [0, 0.05) is 25.2 Å². The average Bonchev–Trinajstić information content (AvgIpc) is 2.65. The molecule has 1 heterocycles. The number of carbonyl (C=O) groups excluding carboxylic acids is 1. The van der Waals surface area contributed by atoms with Gasteiger partial charge < -0.3 is 5.32 Å². The number of hydrogen-bond donors (Lipinski definition) is 1. The Labute approximate surface area is 157 Å². The highest BCUT2D eigenvalue weighted by Gasteiger charge is 2.26. The molecule has 0 unspecified atom stereocenters. The van der Waals surface area contributed by atoms with Gasteiger partial charge in [0.2, 0.25) is 5.91 Å². The van der Waals surface area contributed by atoms with Gasteiger partial charge in [-0.1, -0.05) is 18.2 Å². The number of piperidine rings is 1. The van der Waals surface area contributed by atoms with Gasteiger partial charge in [-0.25, -0.2) is 4.39 Å². The lowest BCUT2D eigenvalue weighted by Gasteiger charge is -2.32. The second-order valence-corrected chi connectivity index (χ2v) is 6.95. The zero-order chi connectivity index (χ0) is 19.4. The lowest BCUT2D eigenvalue weighted by atomic mass is 9.96. The van der Waals surface area contributed by atoms with Crippen LogP contribution in [0.4, 0.5) is 15.8 Å². The molecule has 142 valence electrons. The van der Waals surface area contributed by atoms with Gasteiger partial charge in [-0.2, -0.15) is 0 Å². The minimum absolute atomic E-state index is 0.0440. The van der Waals surface area contributed by atoms with Crippen LogP contribution in [0.15, 0.2) is 42.5 Å². The van der Waals surface area contributed by atoms with Crippen LogP contribution >= 0.6 is 0 Å². The van der Waals surface area contributed by atoms with Crippen LogP contribution in [0.2, 0.25) is 0 Å². The molecule has 6 nitrogen and oxygen atoms in total. The maximum absolute atomic E-state index is 13.0. The number of hydrogen-bond acceptors (Lipinski definition) is 4. The molecule has 0 bridgehead atoms. The average molecular weight is 371 g/mol. The zero-order valence-corrected chi connectivity index (χ0v) is 15.2. The van der Waals surface area contributed by atoms with Crippen molar-refractivity contribution in [3.63, 3.8) is 0 Å². The number of nitro groups is 1. The van der Waals surface area contributed by atoms with E-state index in [1.807, 2.05) is 0 Å². The van der Waals surface area contributed by atoms with Gasteiger partial charge in [-0.3, -0.25) is 19.8 Å². The van der Waals surface area contributed by atoms with Gasteiger partial charge in [-0.15, -0.1) is 0 Å². The van der Waals surface area contributed by atoms with Crippen LogP contribution in [0.25, 0.3) is 0 Å². The predicted molar refractivity (Wildman–Crippen MR) is 101 cm³/mol. The van der Waals surface area contributed by atoms with E-state index in [0.29, 0.717) is 18.8 Å². The van der Waals surface area contributed by atoms with E-state index in [1.54, 1.807) is 25.1 Å². The highest BCUT2D eigenvalue weighted by molar-refractivity contribution is 5.93. The van der Waals surface area contributed by atoms with Crippen LogP contribution in [0.3, 0.4) is 0 Å². The molecular weight excluding hydrogens is 349 g/mol. The Kier molecular flexibility index (Phi) is 5.81. The third-order valence-electron chi connectivity index (χ3n) is 4.89. The van der Waals surface area contributed by atoms with E-state index in [4.69, 9.17) is 0 Å². The summed E-state index contributed by atoms with van der Waals surface area (Å²) in [6.07, 6.45) is 1.67. The molecule has 0 aliphatic carbocycles. The van der Waals surface area contributed by atoms with Gasteiger partial charge in [-0.05, 0) is 49.6 Å². The van der Waals surface area contributed by atoms with E-state index in [9.17, 15) is 19.3 Å². The van der Waals surface area contributed by atoms with Crippen molar-refractivity contribution >= 4 is 17.3 Å². The molecule has 0 aromatic heterocycles. The summed E-state index contributed by atoms with van der Waals surface area (Å²) in [6.45, 7) is 3.97.